The van der Waals surface area contributed by atoms with Crippen molar-refractivity contribution in [3.8, 4) is 5.75 Å². The van der Waals surface area contributed by atoms with E-state index in [-0.39, 0.29) is 5.75 Å². The van der Waals surface area contributed by atoms with Crippen molar-refractivity contribution < 1.29 is 9.67 Å². The average molecular weight is 166 g/mol. The lowest BCUT2D eigenvalue weighted by Crippen LogP contribution is -2.36. The summed E-state index contributed by atoms with van der Waals surface area (Å²) >= 11 is 0. The van der Waals surface area contributed by atoms with Crippen LogP contribution in [0.5, 0.6) is 5.75 Å². The van der Waals surface area contributed by atoms with Crippen molar-refractivity contribution >= 4 is 6.21 Å². The normalized spacial score (nSPS) is 10.8. The second-order valence-corrected chi connectivity index (χ2v) is 2.58. The van der Waals surface area contributed by atoms with Gasteiger partial charge in [0.1, 0.15) is 13.3 Å². The molecule has 12 heavy (non-hydrogen) atoms. The topological polar surface area (TPSA) is 62.5 Å². The molecular formula is C8H12N3O+. The van der Waals surface area contributed by atoms with Gasteiger partial charge in [-0.25, -0.2) is 0 Å². The minimum Gasteiger partial charge on any atom is -0.502 e. The second-order valence-electron chi connectivity index (χ2n) is 2.58. The summed E-state index contributed by atoms with van der Waals surface area (Å²) in [6.45, 7) is 1.94. The van der Waals surface area contributed by atoms with Gasteiger partial charge in [-0.15, -0.1) is 0 Å². The maximum absolute atomic E-state index is 9.38. The Balaban J connectivity index is 3.32. The number of aromatic hydroxyl groups is 1. The van der Waals surface area contributed by atoms with E-state index in [1.54, 1.807) is 6.07 Å². The molecule has 4 heteroatoms. The Morgan fingerprint density at radius 1 is 1.58 bits per heavy atom. The fourth-order valence-electron chi connectivity index (χ4n) is 0.982. The van der Waals surface area contributed by atoms with Crippen LogP contribution in [0, 0.1) is 6.92 Å². The van der Waals surface area contributed by atoms with Crippen molar-refractivity contribution in [3.63, 3.8) is 0 Å². The first-order valence-electron chi connectivity index (χ1n) is 3.58. The summed E-state index contributed by atoms with van der Waals surface area (Å²) in [5, 5.41) is 12.7. The van der Waals surface area contributed by atoms with Crippen LogP contribution in [0.2, 0.25) is 0 Å². The summed E-state index contributed by atoms with van der Waals surface area (Å²) in [5.74, 6) is 5.17. The third kappa shape index (κ3) is 1.37. The van der Waals surface area contributed by atoms with Gasteiger partial charge >= 0.3 is 0 Å². The van der Waals surface area contributed by atoms with Gasteiger partial charge in [-0.1, -0.05) is 0 Å². The lowest BCUT2D eigenvalue weighted by atomic mass is 10.3. The van der Waals surface area contributed by atoms with E-state index >= 15 is 0 Å². The van der Waals surface area contributed by atoms with E-state index < -0.39 is 0 Å². The molecule has 64 valence electrons. The van der Waals surface area contributed by atoms with Crippen molar-refractivity contribution in [2.75, 3.05) is 0 Å². The number of hydrazone groups is 1. The molecule has 1 aromatic rings. The van der Waals surface area contributed by atoms with E-state index in [0.717, 1.165) is 5.69 Å². The number of aromatic nitrogens is 1. The van der Waals surface area contributed by atoms with E-state index in [4.69, 9.17) is 5.84 Å². The number of aryl methyl sites for hydroxylation is 1. The zero-order chi connectivity index (χ0) is 9.14. The standard InChI is InChI=1S/C8H11N3O/c1-6-3-4-8(12)7(5-10-9)11(6)2/h3-5,9,12H,1-2H3/p+1. The Morgan fingerprint density at radius 3 is 2.83 bits per heavy atom. The summed E-state index contributed by atoms with van der Waals surface area (Å²) < 4.78 is 1.81. The fourth-order valence-corrected chi connectivity index (χ4v) is 0.982. The summed E-state index contributed by atoms with van der Waals surface area (Å²) in [6, 6.07) is 3.44. The van der Waals surface area contributed by atoms with Crippen LogP contribution in [0.1, 0.15) is 11.4 Å². The number of hydrogen-bond donors (Lipinski definition) is 2. The minimum absolute atomic E-state index is 0.178. The molecule has 0 unspecified atom stereocenters. The highest BCUT2D eigenvalue weighted by molar-refractivity contribution is 5.78. The minimum atomic E-state index is 0.178. The van der Waals surface area contributed by atoms with Crippen LogP contribution >= 0.6 is 0 Å². The van der Waals surface area contributed by atoms with Crippen LogP contribution in [0.3, 0.4) is 0 Å². The molecule has 4 nitrogen and oxygen atoms in total. The lowest BCUT2D eigenvalue weighted by molar-refractivity contribution is -0.678. The van der Waals surface area contributed by atoms with Gasteiger partial charge in [-0.2, -0.15) is 9.67 Å². The third-order valence-corrected chi connectivity index (χ3v) is 1.83. The quantitative estimate of drug-likeness (QED) is 0.263. The van der Waals surface area contributed by atoms with E-state index in [9.17, 15) is 5.11 Å². The first kappa shape index (κ1) is 8.52. The lowest BCUT2D eigenvalue weighted by Gasteiger charge is -1.98. The van der Waals surface area contributed by atoms with Gasteiger partial charge in [0.05, 0.1) is 0 Å². The molecule has 0 aromatic carbocycles. The highest BCUT2D eigenvalue weighted by atomic mass is 16.3. The molecule has 0 spiro atoms. The molecule has 0 saturated carbocycles. The van der Waals surface area contributed by atoms with Crippen LogP contribution in [0.4, 0.5) is 0 Å². The van der Waals surface area contributed by atoms with Crippen molar-refractivity contribution in [2.24, 2.45) is 18.0 Å². The molecule has 0 amide bonds. The number of pyridine rings is 1. The van der Waals surface area contributed by atoms with Crippen LogP contribution in [-0.4, -0.2) is 11.3 Å². The molecule has 0 radical (unpaired) electrons. The van der Waals surface area contributed by atoms with Crippen LogP contribution in [0.25, 0.3) is 0 Å². The number of nitrogens with zero attached hydrogens (tertiary/aromatic N) is 2. The Hall–Kier alpha value is -1.58. The van der Waals surface area contributed by atoms with Crippen molar-refractivity contribution in [1.29, 1.82) is 0 Å². The molecule has 0 aliphatic rings. The van der Waals surface area contributed by atoms with Gasteiger partial charge in [0, 0.05) is 13.0 Å². The van der Waals surface area contributed by atoms with Gasteiger partial charge in [0.2, 0.25) is 0 Å². The van der Waals surface area contributed by atoms with Gasteiger partial charge < -0.3 is 10.9 Å². The zero-order valence-corrected chi connectivity index (χ0v) is 7.15. The fraction of sp³-hybridized carbons (Fsp3) is 0.250. The molecular weight excluding hydrogens is 154 g/mol. The van der Waals surface area contributed by atoms with Crippen LogP contribution < -0.4 is 10.4 Å². The van der Waals surface area contributed by atoms with Gasteiger partial charge in [0.25, 0.3) is 5.69 Å². The predicted molar refractivity (Wildman–Crippen MR) is 45.8 cm³/mol. The first-order valence-corrected chi connectivity index (χ1v) is 3.58. The summed E-state index contributed by atoms with van der Waals surface area (Å²) in [6.07, 6.45) is 1.42. The van der Waals surface area contributed by atoms with Gasteiger partial charge in [-0.3, -0.25) is 0 Å². The third-order valence-electron chi connectivity index (χ3n) is 1.83. The summed E-state index contributed by atoms with van der Waals surface area (Å²) in [7, 11) is 1.84. The molecule has 1 rings (SSSR count). The Bertz CT molecular complexity index is 320. The molecule has 1 aromatic heterocycles. The SMILES string of the molecule is Cc1ccc(O)c(/C=N/N)[n+]1C. The molecule has 0 atom stereocenters. The molecule has 0 aliphatic carbocycles. The number of rotatable bonds is 1. The second kappa shape index (κ2) is 3.21. The van der Waals surface area contributed by atoms with Gasteiger partial charge in [-0.05, 0) is 6.07 Å². The first-order chi connectivity index (χ1) is 5.66. The monoisotopic (exact) mass is 166 g/mol. The molecule has 0 saturated heterocycles. The van der Waals surface area contributed by atoms with E-state index in [2.05, 4.69) is 5.10 Å². The Kier molecular flexibility index (Phi) is 2.28. The molecule has 3 N–H and O–H groups in total. The molecule has 1 heterocycles. The molecule has 0 fully saturated rings. The van der Waals surface area contributed by atoms with E-state index in [1.165, 1.54) is 6.21 Å². The summed E-state index contributed by atoms with van der Waals surface area (Å²) in [5.41, 5.74) is 1.64. The van der Waals surface area contributed by atoms with Crippen molar-refractivity contribution in [2.45, 2.75) is 6.92 Å². The molecule has 0 aliphatic heterocycles. The zero-order valence-electron chi connectivity index (χ0n) is 7.15. The van der Waals surface area contributed by atoms with Crippen LogP contribution in [-0.2, 0) is 7.05 Å². The summed E-state index contributed by atoms with van der Waals surface area (Å²) in [4.78, 5) is 0. The largest absolute Gasteiger partial charge is 0.502 e. The highest BCUT2D eigenvalue weighted by Crippen LogP contribution is 2.09. The van der Waals surface area contributed by atoms with E-state index in [1.807, 2.05) is 24.6 Å². The highest BCUT2D eigenvalue weighted by Gasteiger charge is 2.12. The van der Waals surface area contributed by atoms with Gasteiger partial charge in [0.15, 0.2) is 11.4 Å². The maximum atomic E-state index is 9.38. The smallest absolute Gasteiger partial charge is 0.267 e. The van der Waals surface area contributed by atoms with Crippen molar-refractivity contribution in [3.05, 3.63) is 23.5 Å². The van der Waals surface area contributed by atoms with Crippen molar-refractivity contribution in [1.82, 2.24) is 0 Å². The van der Waals surface area contributed by atoms with E-state index in [0.29, 0.717) is 5.69 Å². The predicted octanol–water partition coefficient (Wildman–Crippen LogP) is -0.182. The Morgan fingerprint density at radius 2 is 2.25 bits per heavy atom. The van der Waals surface area contributed by atoms with Crippen LogP contribution in [0.15, 0.2) is 17.2 Å². The number of nitrogens with two attached hydrogens (primary N) is 1. The Labute approximate surface area is 71.0 Å². The maximum Gasteiger partial charge on any atom is 0.267 e. The average Bonchev–Trinajstić information content (AvgIpc) is 2.06. The molecule has 0 bridgehead atoms. The number of hydrogen-bond acceptors (Lipinski definition) is 3.